The van der Waals surface area contributed by atoms with Crippen LogP contribution >= 0.6 is 0 Å². The van der Waals surface area contributed by atoms with Crippen molar-refractivity contribution in [2.24, 2.45) is 17.6 Å². The van der Waals surface area contributed by atoms with Gasteiger partial charge in [0.15, 0.2) is 0 Å². The topological polar surface area (TPSA) is 55.1 Å². The highest BCUT2D eigenvalue weighted by molar-refractivity contribution is 5.84. The Balaban J connectivity index is 1.96. The van der Waals surface area contributed by atoms with Crippen molar-refractivity contribution in [1.29, 1.82) is 0 Å². The minimum Gasteiger partial charge on any atom is -0.353 e. The highest BCUT2D eigenvalue weighted by Crippen LogP contribution is 2.29. The molecular formula is C17H26N2O. The molecule has 0 aromatic heterocycles. The van der Waals surface area contributed by atoms with Crippen LogP contribution in [0.3, 0.4) is 0 Å². The normalized spacial score (nSPS) is 27.9. The predicted molar refractivity (Wildman–Crippen MR) is 82.3 cm³/mol. The van der Waals surface area contributed by atoms with Crippen molar-refractivity contribution in [2.75, 3.05) is 6.54 Å². The maximum atomic E-state index is 12.4. The molecule has 0 heterocycles. The van der Waals surface area contributed by atoms with E-state index in [-0.39, 0.29) is 11.8 Å². The first kappa shape index (κ1) is 15.0. The summed E-state index contributed by atoms with van der Waals surface area (Å²) in [4.78, 5) is 12.4. The molecule has 0 aliphatic heterocycles. The minimum atomic E-state index is -0.231. The van der Waals surface area contributed by atoms with Crippen LogP contribution in [0.4, 0.5) is 0 Å². The Morgan fingerprint density at radius 2 is 1.95 bits per heavy atom. The number of carbonyl (C=O) groups is 1. The summed E-state index contributed by atoms with van der Waals surface area (Å²) in [5, 5.41) is 3.20. The Bertz CT molecular complexity index is 432. The van der Waals surface area contributed by atoms with Crippen LogP contribution in [0.25, 0.3) is 0 Å². The first-order valence-electron chi connectivity index (χ1n) is 7.67. The summed E-state index contributed by atoms with van der Waals surface area (Å²) in [5.74, 6) is 1.29. The van der Waals surface area contributed by atoms with Gasteiger partial charge in [-0.1, -0.05) is 44.2 Å². The molecular weight excluding hydrogens is 248 g/mol. The molecule has 0 bridgehead atoms. The lowest BCUT2D eigenvalue weighted by molar-refractivity contribution is -0.123. The first-order chi connectivity index (χ1) is 9.61. The molecule has 4 atom stereocenters. The smallest absolute Gasteiger partial charge is 0.229 e. The third-order valence-electron chi connectivity index (χ3n) is 4.70. The fourth-order valence-electron chi connectivity index (χ4n) is 3.06. The lowest BCUT2D eigenvalue weighted by Crippen LogP contribution is -2.43. The summed E-state index contributed by atoms with van der Waals surface area (Å²) in [6.45, 7) is 4.94. The van der Waals surface area contributed by atoms with Gasteiger partial charge < -0.3 is 11.1 Å². The van der Waals surface area contributed by atoms with Crippen LogP contribution in [0.15, 0.2) is 30.3 Å². The van der Waals surface area contributed by atoms with Crippen molar-refractivity contribution in [3.05, 3.63) is 35.9 Å². The number of rotatable bonds is 4. The van der Waals surface area contributed by atoms with E-state index in [1.54, 1.807) is 0 Å². The quantitative estimate of drug-likeness (QED) is 0.887. The maximum Gasteiger partial charge on any atom is 0.229 e. The summed E-state index contributed by atoms with van der Waals surface area (Å²) in [7, 11) is 0. The van der Waals surface area contributed by atoms with Crippen LogP contribution in [0.5, 0.6) is 0 Å². The van der Waals surface area contributed by atoms with Crippen LogP contribution in [-0.2, 0) is 4.79 Å². The van der Waals surface area contributed by atoms with Crippen molar-refractivity contribution < 1.29 is 4.79 Å². The van der Waals surface area contributed by atoms with Gasteiger partial charge in [-0.15, -0.1) is 0 Å². The van der Waals surface area contributed by atoms with Gasteiger partial charge in [-0.2, -0.15) is 0 Å². The zero-order valence-corrected chi connectivity index (χ0v) is 12.5. The van der Waals surface area contributed by atoms with Gasteiger partial charge in [0.2, 0.25) is 5.91 Å². The van der Waals surface area contributed by atoms with Crippen molar-refractivity contribution in [3.8, 4) is 0 Å². The second kappa shape index (κ2) is 6.89. The number of hydrogen-bond donors (Lipinski definition) is 2. The van der Waals surface area contributed by atoms with E-state index in [1.807, 2.05) is 30.3 Å². The molecule has 3 nitrogen and oxygen atoms in total. The zero-order chi connectivity index (χ0) is 14.5. The first-order valence-corrected chi connectivity index (χ1v) is 7.67. The molecule has 1 aliphatic rings. The molecule has 3 N–H and O–H groups in total. The van der Waals surface area contributed by atoms with Crippen LogP contribution in [0.1, 0.15) is 44.6 Å². The molecule has 4 unspecified atom stereocenters. The monoisotopic (exact) mass is 274 g/mol. The third kappa shape index (κ3) is 3.60. The van der Waals surface area contributed by atoms with E-state index in [0.29, 0.717) is 18.5 Å². The van der Waals surface area contributed by atoms with Gasteiger partial charge in [-0.25, -0.2) is 0 Å². The highest BCUT2D eigenvalue weighted by Gasteiger charge is 2.27. The molecule has 3 heteroatoms. The van der Waals surface area contributed by atoms with E-state index < -0.39 is 0 Å². The van der Waals surface area contributed by atoms with Gasteiger partial charge in [0, 0.05) is 12.6 Å². The standard InChI is InChI=1S/C17H26N2O/c1-12-8-9-15(10-13(12)2)19-17(20)16(11-18)14-6-4-3-5-7-14/h3-7,12-13,15-16H,8-11,18H2,1-2H3,(H,19,20). The number of carbonyl (C=O) groups excluding carboxylic acids is 1. The summed E-state index contributed by atoms with van der Waals surface area (Å²) < 4.78 is 0. The summed E-state index contributed by atoms with van der Waals surface area (Å²) in [5.41, 5.74) is 6.80. The van der Waals surface area contributed by atoms with Crippen molar-refractivity contribution in [1.82, 2.24) is 5.32 Å². The van der Waals surface area contributed by atoms with E-state index in [9.17, 15) is 4.79 Å². The molecule has 1 fully saturated rings. The molecule has 1 aromatic rings. The molecule has 1 aromatic carbocycles. The molecule has 20 heavy (non-hydrogen) atoms. The molecule has 0 radical (unpaired) electrons. The van der Waals surface area contributed by atoms with Gasteiger partial charge in [0.05, 0.1) is 5.92 Å². The van der Waals surface area contributed by atoms with Crippen LogP contribution in [-0.4, -0.2) is 18.5 Å². The number of nitrogens with two attached hydrogens (primary N) is 1. The second-order valence-electron chi connectivity index (χ2n) is 6.17. The van der Waals surface area contributed by atoms with Gasteiger partial charge in [0.25, 0.3) is 0 Å². The predicted octanol–water partition coefficient (Wildman–Crippen LogP) is 2.67. The van der Waals surface area contributed by atoms with Gasteiger partial charge >= 0.3 is 0 Å². The van der Waals surface area contributed by atoms with E-state index in [1.165, 1.54) is 6.42 Å². The largest absolute Gasteiger partial charge is 0.353 e. The Morgan fingerprint density at radius 3 is 2.55 bits per heavy atom. The third-order valence-corrected chi connectivity index (χ3v) is 4.70. The Labute approximate surface area is 121 Å². The lowest BCUT2D eigenvalue weighted by atomic mass is 9.79. The van der Waals surface area contributed by atoms with Crippen LogP contribution < -0.4 is 11.1 Å². The molecule has 110 valence electrons. The van der Waals surface area contributed by atoms with E-state index in [4.69, 9.17) is 5.73 Å². The lowest BCUT2D eigenvalue weighted by Gasteiger charge is -2.33. The molecule has 1 saturated carbocycles. The number of nitrogens with one attached hydrogen (secondary N) is 1. The molecule has 1 amide bonds. The SMILES string of the molecule is CC1CCC(NC(=O)C(CN)c2ccccc2)CC1C. The Hall–Kier alpha value is -1.35. The number of hydrogen-bond acceptors (Lipinski definition) is 2. The van der Waals surface area contributed by atoms with Crippen molar-refractivity contribution in [3.63, 3.8) is 0 Å². The summed E-state index contributed by atoms with van der Waals surface area (Å²) in [6, 6.07) is 10.1. The van der Waals surface area contributed by atoms with E-state index in [2.05, 4.69) is 19.2 Å². The summed E-state index contributed by atoms with van der Waals surface area (Å²) >= 11 is 0. The average molecular weight is 274 g/mol. The fraction of sp³-hybridized carbons (Fsp3) is 0.588. The Kier molecular flexibility index (Phi) is 5.18. The van der Waals surface area contributed by atoms with E-state index in [0.717, 1.165) is 24.3 Å². The molecule has 0 spiro atoms. The number of benzene rings is 1. The maximum absolute atomic E-state index is 12.4. The van der Waals surface area contributed by atoms with Gasteiger partial charge in [-0.05, 0) is 36.7 Å². The minimum absolute atomic E-state index is 0.0745. The van der Waals surface area contributed by atoms with Crippen molar-refractivity contribution >= 4 is 5.91 Å². The van der Waals surface area contributed by atoms with Crippen LogP contribution in [0.2, 0.25) is 0 Å². The van der Waals surface area contributed by atoms with Crippen LogP contribution in [0, 0.1) is 11.8 Å². The highest BCUT2D eigenvalue weighted by atomic mass is 16.1. The van der Waals surface area contributed by atoms with Crippen molar-refractivity contribution in [2.45, 2.75) is 45.1 Å². The fourth-order valence-corrected chi connectivity index (χ4v) is 3.06. The summed E-state index contributed by atoms with van der Waals surface area (Å²) in [6.07, 6.45) is 3.37. The van der Waals surface area contributed by atoms with Gasteiger partial charge in [-0.3, -0.25) is 4.79 Å². The molecule has 2 rings (SSSR count). The molecule has 0 saturated heterocycles. The Morgan fingerprint density at radius 1 is 1.25 bits per heavy atom. The number of amides is 1. The average Bonchev–Trinajstić information content (AvgIpc) is 2.45. The van der Waals surface area contributed by atoms with E-state index >= 15 is 0 Å². The van der Waals surface area contributed by atoms with Gasteiger partial charge in [0.1, 0.15) is 0 Å². The zero-order valence-electron chi connectivity index (χ0n) is 12.5. The second-order valence-corrected chi connectivity index (χ2v) is 6.17. The molecule has 1 aliphatic carbocycles.